The summed E-state index contributed by atoms with van der Waals surface area (Å²) in [5.74, 6) is 0.251. The van der Waals surface area contributed by atoms with Crippen LogP contribution in [0.5, 0.6) is 5.75 Å². The molecule has 0 aromatic heterocycles. The van der Waals surface area contributed by atoms with Crippen LogP contribution in [0.15, 0.2) is 18.2 Å². The Bertz CT molecular complexity index is 338. The Labute approximate surface area is 107 Å². The smallest absolute Gasteiger partial charge is 0.120 e. The minimum atomic E-state index is 0.180. The molecule has 17 heavy (non-hydrogen) atoms. The summed E-state index contributed by atoms with van der Waals surface area (Å²) >= 11 is 5.88. The molecule has 1 aromatic rings. The molecule has 0 spiro atoms. The second-order valence-corrected chi connectivity index (χ2v) is 4.59. The Kier molecular flexibility index (Phi) is 6.34. The van der Waals surface area contributed by atoms with Crippen molar-refractivity contribution < 1.29 is 10.2 Å². The van der Waals surface area contributed by atoms with E-state index in [1.807, 2.05) is 0 Å². The minimum absolute atomic E-state index is 0.180. The molecule has 3 N–H and O–H groups in total. The molecule has 3 nitrogen and oxygen atoms in total. The maximum Gasteiger partial charge on any atom is 0.120 e. The van der Waals surface area contributed by atoms with E-state index in [9.17, 15) is 5.11 Å². The number of rotatable bonds is 7. The molecule has 4 heteroatoms. The lowest BCUT2D eigenvalue weighted by molar-refractivity contribution is 0.259. The normalized spacial score (nSPS) is 12.6. The molecule has 0 amide bonds. The average Bonchev–Trinajstić information content (AvgIpc) is 2.30. The van der Waals surface area contributed by atoms with Crippen molar-refractivity contribution in [3.63, 3.8) is 0 Å². The van der Waals surface area contributed by atoms with Crippen molar-refractivity contribution in [1.82, 2.24) is 5.32 Å². The fourth-order valence-corrected chi connectivity index (χ4v) is 2.00. The van der Waals surface area contributed by atoms with E-state index < -0.39 is 0 Å². The lowest BCUT2D eigenvalue weighted by Crippen LogP contribution is -2.29. The van der Waals surface area contributed by atoms with Crippen molar-refractivity contribution in [2.24, 2.45) is 0 Å². The highest BCUT2D eigenvalue weighted by Crippen LogP contribution is 2.21. The van der Waals surface area contributed by atoms with E-state index in [-0.39, 0.29) is 18.4 Å². The number of phenols is 1. The van der Waals surface area contributed by atoms with Gasteiger partial charge in [-0.25, -0.2) is 0 Å². The second kappa shape index (κ2) is 7.54. The van der Waals surface area contributed by atoms with Crippen LogP contribution in [0.25, 0.3) is 0 Å². The summed E-state index contributed by atoms with van der Waals surface area (Å²) in [5, 5.41) is 22.6. The van der Waals surface area contributed by atoms with E-state index in [2.05, 4.69) is 12.2 Å². The Hall–Kier alpha value is -0.770. The third kappa shape index (κ3) is 4.94. The molecule has 0 bridgehead atoms. The largest absolute Gasteiger partial charge is 0.508 e. The molecule has 0 saturated heterocycles. The summed E-state index contributed by atoms with van der Waals surface area (Å²) in [6.45, 7) is 2.86. The monoisotopic (exact) mass is 257 g/mol. The summed E-state index contributed by atoms with van der Waals surface area (Å²) in [4.78, 5) is 0. The Morgan fingerprint density at radius 1 is 1.35 bits per heavy atom. The zero-order valence-electron chi connectivity index (χ0n) is 10.1. The Balaban J connectivity index is 2.55. The van der Waals surface area contributed by atoms with Crippen molar-refractivity contribution in [2.75, 3.05) is 6.61 Å². The minimum Gasteiger partial charge on any atom is -0.508 e. The maximum absolute atomic E-state index is 9.66. The van der Waals surface area contributed by atoms with Gasteiger partial charge in [-0.2, -0.15) is 0 Å². The van der Waals surface area contributed by atoms with E-state index in [0.29, 0.717) is 11.6 Å². The average molecular weight is 258 g/mol. The van der Waals surface area contributed by atoms with Gasteiger partial charge in [0.15, 0.2) is 0 Å². The molecule has 96 valence electrons. The van der Waals surface area contributed by atoms with Gasteiger partial charge in [-0.1, -0.05) is 24.9 Å². The van der Waals surface area contributed by atoms with Gasteiger partial charge in [0.1, 0.15) is 5.75 Å². The van der Waals surface area contributed by atoms with Crippen LogP contribution in [0, 0.1) is 0 Å². The summed E-state index contributed by atoms with van der Waals surface area (Å²) in [5.41, 5.74) is 0.788. The van der Waals surface area contributed by atoms with Crippen molar-refractivity contribution in [2.45, 2.75) is 38.8 Å². The molecule has 1 unspecified atom stereocenters. The number of halogens is 1. The molecule has 1 aromatic carbocycles. The van der Waals surface area contributed by atoms with Crippen molar-refractivity contribution in [3.8, 4) is 5.75 Å². The van der Waals surface area contributed by atoms with Gasteiger partial charge in [-0.3, -0.25) is 0 Å². The predicted molar refractivity (Wildman–Crippen MR) is 70.4 cm³/mol. The summed E-state index contributed by atoms with van der Waals surface area (Å²) in [7, 11) is 0. The highest BCUT2D eigenvalue weighted by Gasteiger charge is 2.08. The highest BCUT2D eigenvalue weighted by molar-refractivity contribution is 6.30. The molecular formula is C13H20ClNO2. The third-order valence-corrected chi connectivity index (χ3v) is 2.97. The zero-order chi connectivity index (χ0) is 12.7. The van der Waals surface area contributed by atoms with Crippen LogP contribution in [0.3, 0.4) is 0 Å². The van der Waals surface area contributed by atoms with E-state index in [0.717, 1.165) is 24.8 Å². The number of aromatic hydroxyl groups is 1. The van der Waals surface area contributed by atoms with Crippen LogP contribution in [-0.2, 0) is 6.54 Å². The quantitative estimate of drug-likeness (QED) is 0.704. The first-order valence-corrected chi connectivity index (χ1v) is 6.36. The molecule has 1 atom stereocenters. The van der Waals surface area contributed by atoms with Gasteiger partial charge in [0, 0.05) is 29.8 Å². The molecule has 0 saturated carbocycles. The van der Waals surface area contributed by atoms with E-state index in [1.165, 1.54) is 0 Å². The van der Waals surface area contributed by atoms with Crippen LogP contribution in [-0.4, -0.2) is 22.9 Å². The first kappa shape index (κ1) is 14.3. The number of phenolic OH excluding ortho intramolecular Hbond substituents is 1. The maximum atomic E-state index is 9.66. The first-order chi connectivity index (χ1) is 8.17. The summed E-state index contributed by atoms with van der Waals surface area (Å²) in [6.07, 6.45) is 2.82. The molecule has 0 fully saturated rings. The topological polar surface area (TPSA) is 52.5 Å². The van der Waals surface area contributed by atoms with Crippen LogP contribution in [0.2, 0.25) is 5.02 Å². The number of hydrogen-bond acceptors (Lipinski definition) is 3. The molecule has 0 heterocycles. The van der Waals surface area contributed by atoms with Gasteiger partial charge >= 0.3 is 0 Å². The number of aliphatic hydroxyl groups is 1. The number of aliphatic hydroxyl groups excluding tert-OH is 1. The highest BCUT2D eigenvalue weighted by atomic mass is 35.5. The van der Waals surface area contributed by atoms with E-state index >= 15 is 0 Å². The van der Waals surface area contributed by atoms with Crippen LogP contribution >= 0.6 is 11.6 Å². The van der Waals surface area contributed by atoms with Gasteiger partial charge in [-0.15, -0.1) is 0 Å². The Morgan fingerprint density at radius 2 is 2.12 bits per heavy atom. The van der Waals surface area contributed by atoms with Crippen LogP contribution < -0.4 is 5.32 Å². The number of hydrogen-bond donors (Lipinski definition) is 3. The van der Waals surface area contributed by atoms with E-state index in [4.69, 9.17) is 16.7 Å². The second-order valence-electron chi connectivity index (χ2n) is 4.15. The van der Waals surface area contributed by atoms with Gasteiger partial charge in [0.25, 0.3) is 0 Å². The lowest BCUT2D eigenvalue weighted by Gasteiger charge is -2.17. The predicted octanol–water partition coefficient (Wildman–Crippen LogP) is 2.69. The van der Waals surface area contributed by atoms with Gasteiger partial charge in [0.2, 0.25) is 0 Å². The molecule has 0 aliphatic heterocycles. The fraction of sp³-hybridized carbons (Fsp3) is 0.538. The van der Waals surface area contributed by atoms with Crippen molar-refractivity contribution in [3.05, 3.63) is 28.8 Å². The van der Waals surface area contributed by atoms with Crippen molar-refractivity contribution in [1.29, 1.82) is 0 Å². The fourth-order valence-electron chi connectivity index (χ4n) is 1.80. The molecule has 0 radical (unpaired) electrons. The summed E-state index contributed by atoms with van der Waals surface area (Å²) < 4.78 is 0. The van der Waals surface area contributed by atoms with Crippen molar-refractivity contribution >= 4 is 11.6 Å². The third-order valence-electron chi connectivity index (χ3n) is 2.74. The first-order valence-electron chi connectivity index (χ1n) is 5.99. The lowest BCUT2D eigenvalue weighted by atomic mass is 10.1. The van der Waals surface area contributed by atoms with Crippen LogP contribution in [0.1, 0.15) is 31.7 Å². The SMILES string of the molecule is CCCC(CCO)NCc1cc(Cl)ccc1O. The van der Waals surface area contributed by atoms with E-state index in [1.54, 1.807) is 18.2 Å². The molecule has 0 aliphatic carbocycles. The molecular weight excluding hydrogens is 238 g/mol. The zero-order valence-corrected chi connectivity index (χ0v) is 10.9. The van der Waals surface area contributed by atoms with Gasteiger partial charge in [-0.05, 0) is 31.0 Å². The van der Waals surface area contributed by atoms with Gasteiger partial charge < -0.3 is 15.5 Å². The molecule has 0 aliphatic rings. The van der Waals surface area contributed by atoms with Gasteiger partial charge in [0.05, 0.1) is 0 Å². The summed E-state index contributed by atoms with van der Waals surface area (Å²) in [6, 6.07) is 5.30. The standard InChI is InChI=1S/C13H20ClNO2/c1-2-3-12(6-7-16)15-9-10-8-11(14)4-5-13(10)17/h4-5,8,12,15-17H,2-3,6-7,9H2,1H3. The molecule has 1 rings (SSSR count). The van der Waals surface area contributed by atoms with Crippen LogP contribution in [0.4, 0.5) is 0 Å². The number of nitrogens with one attached hydrogen (secondary N) is 1. The Morgan fingerprint density at radius 3 is 2.76 bits per heavy atom. The number of benzene rings is 1.